The molecule has 0 radical (unpaired) electrons. The SMILES string of the molecule is O=C(O)[C@H]1CC(c2ccc(C(F)(F)F)cc2)CN1c1ccc([N+](=O)[O-])cc1. The molecule has 1 N–H and O–H groups in total. The molecule has 0 aromatic heterocycles. The maximum atomic E-state index is 12.7. The van der Waals surface area contributed by atoms with Crippen LogP contribution in [0.1, 0.15) is 23.5 Å². The Morgan fingerprint density at radius 3 is 2.19 bits per heavy atom. The number of benzene rings is 2. The third kappa shape index (κ3) is 3.86. The lowest BCUT2D eigenvalue weighted by atomic mass is 9.95. The Kier molecular flexibility index (Phi) is 4.77. The summed E-state index contributed by atoms with van der Waals surface area (Å²) in [6, 6.07) is 9.38. The van der Waals surface area contributed by atoms with Crippen molar-refractivity contribution < 1.29 is 28.0 Å². The van der Waals surface area contributed by atoms with Gasteiger partial charge in [0.1, 0.15) is 6.04 Å². The molecular formula is C18H15F3N2O4. The van der Waals surface area contributed by atoms with E-state index in [2.05, 4.69) is 0 Å². The third-order valence-corrected chi connectivity index (χ3v) is 4.69. The van der Waals surface area contributed by atoms with Crippen LogP contribution in [0.25, 0.3) is 0 Å². The van der Waals surface area contributed by atoms with Gasteiger partial charge in [0.15, 0.2) is 0 Å². The molecule has 2 atom stereocenters. The van der Waals surface area contributed by atoms with Gasteiger partial charge in [-0.25, -0.2) is 4.79 Å². The fraction of sp³-hybridized carbons (Fsp3) is 0.278. The molecule has 0 spiro atoms. The number of carbonyl (C=O) groups is 1. The maximum absolute atomic E-state index is 12.7. The Balaban J connectivity index is 1.84. The quantitative estimate of drug-likeness (QED) is 0.639. The average molecular weight is 380 g/mol. The van der Waals surface area contributed by atoms with E-state index in [9.17, 15) is 33.2 Å². The van der Waals surface area contributed by atoms with Gasteiger partial charge < -0.3 is 10.0 Å². The number of aliphatic carboxylic acids is 1. The zero-order valence-electron chi connectivity index (χ0n) is 13.9. The predicted molar refractivity (Wildman–Crippen MR) is 90.7 cm³/mol. The van der Waals surface area contributed by atoms with Crippen LogP contribution in [0.3, 0.4) is 0 Å². The summed E-state index contributed by atoms with van der Waals surface area (Å²) in [5.41, 5.74) is 0.274. The van der Waals surface area contributed by atoms with Gasteiger partial charge in [-0.1, -0.05) is 12.1 Å². The minimum absolute atomic E-state index is 0.107. The first-order valence-electron chi connectivity index (χ1n) is 8.08. The number of nitro groups is 1. The largest absolute Gasteiger partial charge is 0.480 e. The predicted octanol–water partition coefficient (Wildman–Crippen LogP) is 4.06. The fourth-order valence-electron chi connectivity index (χ4n) is 3.31. The molecule has 2 aromatic rings. The molecule has 0 bridgehead atoms. The molecular weight excluding hydrogens is 365 g/mol. The minimum Gasteiger partial charge on any atom is -0.480 e. The van der Waals surface area contributed by atoms with Crippen LogP contribution in [0, 0.1) is 10.1 Å². The van der Waals surface area contributed by atoms with E-state index in [1.54, 1.807) is 4.90 Å². The van der Waals surface area contributed by atoms with Gasteiger partial charge in [0, 0.05) is 30.3 Å². The Morgan fingerprint density at radius 1 is 1.11 bits per heavy atom. The van der Waals surface area contributed by atoms with Crippen LogP contribution in [0.5, 0.6) is 0 Å². The van der Waals surface area contributed by atoms with Crippen LogP contribution in [-0.2, 0) is 11.0 Å². The van der Waals surface area contributed by atoms with Gasteiger partial charge in [-0.15, -0.1) is 0 Å². The van der Waals surface area contributed by atoms with E-state index in [4.69, 9.17) is 0 Å². The lowest BCUT2D eigenvalue weighted by Gasteiger charge is -2.23. The summed E-state index contributed by atoms with van der Waals surface area (Å²) < 4.78 is 38.1. The molecule has 1 heterocycles. The van der Waals surface area contributed by atoms with Crippen molar-refractivity contribution in [3.8, 4) is 0 Å². The second-order valence-electron chi connectivity index (χ2n) is 6.33. The van der Waals surface area contributed by atoms with Crippen molar-refractivity contribution >= 4 is 17.3 Å². The van der Waals surface area contributed by atoms with Gasteiger partial charge in [0.25, 0.3) is 5.69 Å². The van der Waals surface area contributed by atoms with Crippen molar-refractivity contribution in [2.45, 2.75) is 24.6 Å². The molecule has 1 unspecified atom stereocenters. The number of non-ortho nitro benzene ring substituents is 1. The molecule has 9 heteroatoms. The third-order valence-electron chi connectivity index (χ3n) is 4.69. The molecule has 0 aliphatic carbocycles. The number of anilines is 1. The summed E-state index contributed by atoms with van der Waals surface area (Å²) in [5, 5.41) is 20.3. The zero-order chi connectivity index (χ0) is 19.8. The molecule has 1 aliphatic rings. The highest BCUT2D eigenvalue weighted by Gasteiger charge is 2.38. The fourth-order valence-corrected chi connectivity index (χ4v) is 3.31. The normalized spacial score (nSPS) is 19.9. The summed E-state index contributed by atoms with van der Waals surface area (Å²) in [4.78, 5) is 23.4. The molecule has 0 amide bonds. The lowest BCUT2D eigenvalue weighted by Crippen LogP contribution is -2.35. The molecule has 1 saturated heterocycles. The summed E-state index contributed by atoms with van der Waals surface area (Å²) in [5.74, 6) is -1.31. The number of hydrogen-bond donors (Lipinski definition) is 1. The second kappa shape index (κ2) is 6.90. The van der Waals surface area contributed by atoms with Crippen LogP contribution >= 0.6 is 0 Å². The number of halogens is 3. The molecule has 1 fully saturated rings. The van der Waals surface area contributed by atoms with E-state index < -0.39 is 28.7 Å². The molecule has 1 aliphatic heterocycles. The Morgan fingerprint density at radius 2 is 1.70 bits per heavy atom. The molecule has 27 heavy (non-hydrogen) atoms. The Hall–Kier alpha value is -3.10. The monoisotopic (exact) mass is 380 g/mol. The van der Waals surface area contributed by atoms with Crippen LogP contribution in [0.2, 0.25) is 0 Å². The Labute approximate surface area is 152 Å². The van der Waals surface area contributed by atoms with Crippen LogP contribution in [-0.4, -0.2) is 28.6 Å². The summed E-state index contributed by atoms with van der Waals surface area (Å²) in [6.07, 6.45) is -4.19. The van der Waals surface area contributed by atoms with E-state index in [-0.39, 0.29) is 18.0 Å². The van der Waals surface area contributed by atoms with E-state index in [1.165, 1.54) is 36.4 Å². The van der Waals surface area contributed by atoms with Gasteiger partial charge in [0.05, 0.1) is 10.5 Å². The van der Waals surface area contributed by atoms with Crippen LogP contribution in [0.4, 0.5) is 24.5 Å². The first kappa shape index (κ1) is 18.7. The molecule has 6 nitrogen and oxygen atoms in total. The maximum Gasteiger partial charge on any atom is 0.416 e. The summed E-state index contributed by atoms with van der Waals surface area (Å²) >= 11 is 0. The molecule has 2 aromatic carbocycles. The van der Waals surface area contributed by atoms with Crippen LogP contribution < -0.4 is 4.90 Å². The first-order valence-corrected chi connectivity index (χ1v) is 8.08. The topological polar surface area (TPSA) is 83.7 Å². The number of hydrogen-bond acceptors (Lipinski definition) is 4. The minimum atomic E-state index is -4.43. The Bertz CT molecular complexity index is 850. The second-order valence-corrected chi connectivity index (χ2v) is 6.33. The van der Waals surface area contributed by atoms with E-state index >= 15 is 0 Å². The number of rotatable bonds is 4. The van der Waals surface area contributed by atoms with Crippen molar-refractivity contribution in [3.63, 3.8) is 0 Å². The van der Waals surface area contributed by atoms with Gasteiger partial charge in [0.2, 0.25) is 0 Å². The van der Waals surface area contributed by atoms with E-state index in [0.29, 0.717) is 17.8 Å². The van der Waals surface area contributed by atoms with E-state index in [1.807, 2.05) is 0 Å². The van der Waals surface area contributed by atoms with Crippen molar-refractivity contribution in [3.05, 3.63) is 69.8 Å². The number of nitro benzene ring substituents is 1. The highest BCUT2D eigenvalue weighted by atomic mass is 19.4. The van der Waals surface area contributed by atoms with Gasteiger partial charge in [-0.3, -0.25) is 10.1 Å². The average Bonchev–Trinajstić information content (AvgIpc) is 3.07. The standard InChI is InChI=1S/C18H15F3N2O4/c19-18(20,21)13-3-1-11(2-4-13)12-9-16(17(24)25)22(10-12)14-5-7-15(8-6-14)23(26)27/h1-8,12,16H,9-10H2,(H,24,25)/t12?,16-/m1/s1. The summed E-state index contributed by atoms with van der Waals surface area (Å²) in [7, 11) is 0. The van der Waals surface area contributed by atoms with Gasteiger partial charge in [-0.05, 0) is 36.2 Å². The molecule has 3 rings (SSSR count). The van der Waals surface area contributed by atoms with Crippen molar-refractivity contribution in [1.82, 2.24) is 0 Å². The highest BCUT2D eigenvalue weighted by Crippen LogP contribution is 2.37. The smallest absolute Gasteiger partial charge is 0.416 e. The number of carboxylic acids is 1. The molecule has 142 valence electrons. The first-order chi connectivity index (χ1) is 12.7. The van der Waals surface area contributed by atoms with E-state index in [0.717, 1.165) is 12.1 Å². The lowest BCUT2D eigenvalue weighted by molar-refractivity contribution is -0.384. The zero-order valence-corrected chi connectivity index (χ0v) is 13.9. The summed E-state index contributed by atoms with van der Waals surface area (Å²) in [6.45, 7) is 0.292. The van der Waals surface area contributed by atoms with Gasteiger partial charge >= 0.3 is 12.1 Å². The number of nitrogens with zero attached hydrogens (tertiary/aromatic N) is 2. The number of carboxylic acid groups (broad SMARTS) is 1. The van der Waals surface area contributed by atoms with Gasteiger partial charge in [-0.2, -0.15) is 13.2 Å². The van der Waals surface area contributed by atoms with Crippen molar-refractivity contribution in [2.75, 3.05) is 11.4 Å². The number of alkyl halides is 3. The van der Waals surface area contributed by atoms with Crippen LogP contribution in [0.15, 0.2) is 48.5 Å². The molecule has 0 saturated carbocycles. The van der Waals surface area contributed by atoms with Crippen molar-refractivity contribution in [1.29, 1.82) is 0 Å². The van der Waals surface area contributed by atoms with Crippen molar-refractivity contribution in [2.24, 2.45) is 0 Å². The highest BCUT2D eigenvalue weighted by molar-refractivity contribution is 5.79.